The maximum atomic E-state index is 12.1. The molecule has 0 aliphatic carbocycles. The van der Waals surface area contributed by atoms with Gasteiger partial charge in [-0.1, -0.05) is 12.1 Å². The molecule has 1 aromatic carbocycles. The number of likely N-dealkylation sites (N-methyl/N-ethyl adjacent to an activating group) is 1. The summed E-state index contributed by atoms with van der Waals surface area (Å²) in [6, 6.07) is 6.90. The fraction of sp³-hybridized carbons (Fsp3) is 0.133. The van der Waals surface area contributed by atoms with E-state index in [0.717, 1.165) is 11.1 Å². The summed E-state index contributed by atoms with van der Waals surface area (Å²) in [5.41, 5.74) is 0.112. The molecule has 2 rings (SSSR count). The first kappa shape index (κ1) is 19.1. The number of carboxylic acids is 2. The minimum Gasteiger partial charge on any atom is -0.480 e. The maximum absolute atomic E-state index is 12.1. The largest absolute Gasteiger partial charge is 0.480 e. The van der Waals surface area contributed by atoms with Gasteiger partial charge in [0, 0.05) is 24.4 Å². The molecule has 0 aliphatic heterocycles. The molecule has 26 heavy (non-hydrogen) atoms. The molecule has 0 radical (unpaired) electrons. The molecule has 2 aromatic rings. The van der Waals surface area contributed by atoms with Crippen LogP contribution in [0.4, 0.5) is 0 Å². The average Bonchev–Trinajstić information content (AvgIpc) is 2.99. The van der Waals surface area contributed by atoms with Crippen LogP contribution < -0.4 is 5.14 Å². The summed E-state index contributed by atoms with van der Waals surface area (Å²) in [7, 11) is -2.96. The summed E-state index contributed by atoms with van der Waals surface area (Å²) < 4.78 is 23.4. The van der Waals surface area contributed by atoms with Crippen LogP contribution in [0.1, 0.15) is 20.8 Å². The van der Waals surface area contributed by atoms with E-state index in [-0.39, 0.29) is 11.1 Å². The summed E-state index contributed by atoms with van der Waals surface area (Å²) >= 11 is 0. The highest BCUT2D eigenvalue weighted by Gasteiger charge is 2.23. The van der Waals surface area contributed by atoms with E-state index in [1.54, 1.807) is 0 Å². The van der Waals surface area contributed by atoms with Crippen molar-refractivity contribution < 1.29 is 33.0 Å². The van der Waals surface area contributed by atoms with Crippen molar-refractivity contribution in [1.82, 2.24) is 8.87 Å². The zero-order valence-electron chi connectivity index (χ0n) is 13.5. The highest BCUT2D eigenvalue weighted by molar-refractivity contribution is 7.87. The molecule has 4 N–H and O–H groups in total. The van der Waals surface area contributed by atoms with E-state index in [0.29, 0.717) is 9.54 Å². The lowest BCUT2D eigenvalue weighted by atomic mass is 10.0. The van der Waals surface area contributed by atoms with Crippen LogP contribution in [0.5, 0.6) is 0 Å². The molecule has 0 spiro atoms. The third kappa shape index (κ3) is 3.90. The zero-order chi connectivity index (χ0) is 19.6. The Morgan fingerprint density at radius 2 is 1.69 bits per heavy atom. The SMILES string of the molecule is CN(CC(=O)O)C(=O)c1ccc(-c2ccn(S(N)(=O)=O)c2C(=O)O)cc1. The van der Waals surface area contributed by atoms with E-state index in [1.807, 2.05) is 0 Å². The van der Waals surface area contributed by atoms with Crippen molar-refractivity contribution in [3.8, 4) is 11.1 Å². The number of aliphatic carboxylic acids is 1. The Morgan fingerprint density at radius 3 is 2.15 bits per heavy atom. The van der Waals surface area contributed by atoms with Crippen molar-refractivity contribution in [2.75, 3.05) is 13.6 Å². The highest BCUT2D eigenvalue weighted by Crippen LogP contribution is 2.26. The second-order valence-electron chi connectivity index (χ2n) is 5.36. The van der Waals surface area contributed by atoms with Gasteiger partial charge in [-0.2, -0.15) is 8.42 Å². The number of hydrogen-bond donors (Lipinski definition) is 3. The second-order valence-corrected chi connectivity index (χ2v) is 6.78. The number of carbonyl (C=O) groups is 3. The number of carbonyl (C=O) groups excluding carboxylic acids is 1. The molecular formula is C15H15N3O7S. The van der Waals surface area contributed by atoms with Gasteiger partial charge in [-0.3, -0.25) is 9.59 Å². The van der Waals surface area contributed by atoms with Crippen LogP contribution in [0.3, 0.4) is 0 Å². The number of hydrogen-bond acceptors (Lipinski definition) is 5. The molecule has 0 aliphatic rings. The van der Waals surface area contributed by atoms with Crippen LogP contribution in [0.25, 0.3) is 11.1 Å². The van der Waals surface area contributed by atoms with E-state index in [1.165, 1.54) is 37.4 Å². The van der Waals surface area contributed by atoms with Crippen LogP contribution in [-0.2, 0) is 15.0 Å². The van der Waals surface area contributed by atoms with Crippen LogP contribution in [0.15, 0.2) is 36.5 Å². The number of nitrogens with zero attached hydrogens (tertiary/aromatic N) is 2. The monoisotopic (exact) mass is 381 g/mol. The van der Waals surface area contributed by atoms with Crippen molar-refractivity contribution in [3.63, 3.8) is 0 Å². The summed E-state index contributed by atoms with van der Waals surface area (Å²) in [5, 5.41) is 23.0. The van der Waals surface area contributed by atoms with Gasteiger partial charge >= 0.3 is 22.1 Å². The predicted octanol–water partition coefficient (Wildman–Crippen LogP) is 0.0615. The number of rotatable bonds is 6. The van der Waals surface area contributed by atoms with Crippen LogP contribution in [0, 0.1) is 0 Å². The molecule has 10 nitrogen and oxygen atoms in total. The van der Waals surface area contributed by atoms with E-state index in [2.05, 4.69) is 0 Å². The lowest BCUT2D eigenvalue weighted by Crippen LogP contribution is -2.31. The van der Waals surface area contributed by atoms with Crippen LogP contribution in [0.2, 0.25) is 0 Å². The van der Waals surface area contributed by atoms with Gasteiger partial charge in [-0.15, -0.1) is 0 Å². The molecule has 0 fully saturated rings. The maximum Gasteiger partial charge on any atom is 0.354 e. The smallest absolute Gasteiger partial charge is 0.354 e. The van der Waals surface area contributed by atoms with Gasteiger partial charge < -0.3 is 15.1 Å². The number of nitrogens with two attached hydrogens (primary N) is 1. The summed E-state index contributed by atoms with van der Waals surface area (Å²) in [6.45, 7) is -0.471. The summed E-state index contributed by atoms with van der Waals surface area (Å²) in [4.78, 5) is 35.2. The van der Waals surface area contributed by atoms with Crippen LogP contribution >= 0.6 is 0 Å². The first-order valence-electron chi connectivity index (χ1n) is 7.08. The molecule has 11 heteroatoms. The Bertz CT molecular complexity index is 977. The number of benzene rings is 1. The molecule has 1 heterocycles. The fourth-order valence-corrected chi connectivity index (χ4v) is 3.02. The molecule has 1 aromatic heterocycles. The molecule has 0 bridgehead atoms. The van der Waals surface area contributed by atoms with Gasteiger partial charge in [0.05, 0.1) is 0 Å². The third-order valence-corrected chi connectivity index (χ3v) is 4.34. The summed E-state index contributed by atoms with van der Waals surface area (Å²) in [6.07, 6.45) is 1.02. The molecular weight excluding hydrogens is 366 g/mol. The van der Waals surface area contributed by atoms with E-state index in [9.17, 15) is 27.9 Å². The summed E-state index contributed by atoms with van der Waals surface area (Å²) in [5.74, 6) is -3.17. The Kier molecular flexibility index (Phi) is 5.14. The Morgan fingerprint density at radius 1 is 1.12 bits per heavy atom. The molecule has 1 amide bonds. The highest BCUT2D eigenvalue weighted by atomic mass is 32.2. The standard InChI is InChI=1S/C15H15N3O7S/c1-17(8-12(19)20)14(21)10-4-2-9(3-5-10)11-6-7-18(26(16,24)25)13(11)15(22)23/h2-7H,8H2,1H3,(H,19,20)(H,22,23)(H2,16,24,25). The van der Waals surface area contributed by atoms with E-state index < -0.39 is 40.3 Å². The number of aromatic nitrogens is 1. The van der Waals surface area contributed by atoms with Gasteiger partial charge in [0.15, 0.2) is 5.69 Å². The van der Waals surface area contributed by atoms with Crippen LogP contribution in [-0.4, -0.2) is 58.9 Å². The van der Waals surface area contributed by atoms with Crippen molar-refractivity contribution in [1.29, 1.82) is 0 Å². The van der Waals surface area contributed by atoms with E-state index >= 15 is 0 Å². The Hall–Kier alpha value is -3.18. The Labute approximate surface area is 148 Å². The fourth-order valence-electron chi connectivity index (χ4n) is 2.36. The first-order chi connectivity index (χ1) is 12.0. The van der Waals surface area contributed by atoms with Crippen molar-refractivity contribution in [2.45, 2.75) is 0 Å². The molecule has 0 unspecified atom stereocenters. The quantitative estimate of drug-likeness (QED) is 0.637. The zero-order valence-corrected chi connectivity index (χ0v) is 14.3. The van der Waals surface area contributed by atoms with Crippen molar-refractivity contribution in [3.05, 3.63) is 47.8 Å². The number of carboxylic acid groups (broad SMARTS) is 2. The average molecular weight is 381 g/mol. The number of aromatic carboxylic acids is 1. The number of amides is 1. The molecule has 138 valence electrons. The Balaban J connectivity index is 2.41. The van der Waals surface area contributed by atoms with Gasteiger partial charge in [-0.25, -0.2) is 13.9 Å². The van der Waals surface area contributed by atoms with Gasteiger partial charge in [-0.05, 0) is 23.8 Å². The van der Waals surface area contributed by atoms with Gasteiger partial charge in [0.2, 0.25) is 0 Å². The minimum atomic E-state index is -4.29. The first-order valence-corrected chi connectivity index (χ1v) is 8.58. The molecule has 0 saturated carbocycles. The normalized spacial score (nSPS) is 11.2. The third-order valence-electron chi connectivity index (χ3n) is 3.49. The van der Waals surface area contributed by atoms with Gasteiger partial charge in [0.25, 0.3) is 5.91 Å². The second kappa shape index (κ2) is 6.98. The topological polar surface area (TPSA) is 160 Å². The molecule has 0 saturated heterocycles. The minimum absolute atomic E-state index is 0.101. The van der Waals surface area contributed by atoms with Crippen molar-refractivity contribution >= 4 is 28.1 Å². The lowest BCUT2D eigenvalue weighted by molar-refractivity contribution is -0.137. The van der Waals surface area contributed by atoms with E-state index in [4.69, 9.17) is 10.2 Å². The molecule has 0 atom stereocenters. The predicted molar refractivity (Wildman–Crippen MR) is 89.9 cm³/mol. The van der Waals surface area contributed by atoms with Crippen molar-refractivity contribution in [2.24, 2.45) is 5.14 Å². The lowest BCUT2D eigenvalue weighted by Gasteiger charge is -2.14. The van der Waals surface area contributed by atoms with Gasteiger partial charge in [0.1, 0.15) is 6.54 Å².